The van der Waals surface area contributed by atoms with Gasteiger partial charge in [0.2, 0.25) is 0 Å². The first-order valence-corrected chi connectivity index (χ1v) is 13.6. The average molecular weight is 629 g/mol. The molecule has 16 heteroatoms. The highest BCUT2D eigenvalue weighted by Gasteiger charge is 2.53. The van der Waals surface area contributed by atoms with Crippen LogP contribution in [-0.2, 0) is 57.1 Å². The van der Waals surface area contributed by atoms with Gasteiger partial charge in [-0.25, -0.2) is 4.79 Å². The monoisotopic (exact) mass is 628 g/mol. The van der Waals surface area contributed by atoms with Crippen LogP contribution >= 0.6 is 0 Å². The summed E-state index contributed by atoms with van der Waals surface area (Å²) in [6.45, 7) is 3.41. The lowest BCUT2D eigenvalue weighted by molar-refractivity contribution is -0.345. The zero-order chi connectivity index (χ0) is 32.6. The molecule has 0 aliphatic carbocycles. The van der Waals surface area contributed by atoms with Gasteiger partial charge >= 0.3 is 29.8 Å². The van der Waals surface area contributed by atoms with Crippen molar-refractivity contribution in [1.82, 2.24) is 0 Å². The van der Waals surface area contributed by atoms with E-state index < -0.39 is 98.4 Å². The Kier molecular flexibility index (Phi) is 12.4. The standard InChI is InChI=1S/C28H36O16/c1-13(29)37-12-22-23(24(40-15(3)31)25(27(35)42-22)41-16(4)32)44-28-20(39-14(2)30)10-19(33)21(43-28)11-38-26(34)17-6-8-18(36-5)9-7-17/h6-9,19-25,27-28,33,35H,10-12H2,1-5H3/t19-,20-,21-,22-,23-,24+,25-,27-,28+/m1/s1. The molecule has 9 atom stereocenters. The second kappa shape index (κ2) is 15.8. The third-order valence-corrected chi connectivity index (χ3v) is 6.49. The highest BCUT2D eigenvalue weighted by Crippen LogP contribution is 2.32. The van der Waals surface area contributed by atoms with Gasteiger partial charge in [0.05, 0.1) is 18.8 Å². The summed E-state index contributed by atoms with van der Waals surface area (Å²) in [6, 6.07) is 6.09. The zero-order valence-electron chi connectivity index (χ0n) is 24.7. The average Bonchev–Trinajstić information content (AvgIpc) is 2.94. The van der Waals surface area contributed by atoms with Crippen molar-refractivity contribution in [1.29, 1.82) is 0 Å². The number of aliphatic hydroxyl groups excluding tert-OH is 2. The van der Waals surface area contributed by atoms with Crippen molar-refractivity contribution >= 4 is 29.8 Å². The number of carbonyl (C=O) groups is 5. The first-order chi connectivity index (χ1) is 20.8. The molecule has 0 aromatic heterocycles. The van der Waals surface area contributed by atoms with Crippen LogP contribution in [0.2, 0.25) is 0 Å². The number of carbonyl (C=O) groups excluding carboxylic acids is 5. The van der Waals surface area contributed by atoms with Crippen LogP contribution in [0.15, 0.2) is 24.3 Å². The van der Waals surface area contributed by atoms with Crippen molar-refractivity contribution < 1.29 is 76.8 Å². The topological polar surface area (TPSA) is 209 Å². The van der Waals surface area contributed by atoms with Crippen LogP contribution in [0.3, 0.4) is 0 Å². The van der Waals surface area contributed by atoms with E-state index in [9.17, 15) is 34.2 Å². The molecule has 0 bridgehead atoms. The largest absolute Gasteiger partial charge is 0.497 e. The van der Waals surface area contributed by atoms with E-state index in [4.69, 9.17) is 42.6 Å². The van der Waals surface area contributed by atoms with Gasteiger partial charge in [-0.2, -0.15) is 0 Å². The van der Waals surface area contributed by atoms with Crippen LogP contribution in [0.5, 0.6) is 5.75 Å². The molecular formula is C28H36O16. The molecule has 2 aliphatic heterocycles. The van der Waals surface area contributed by atoms with Crippen LogP contribution in [0.1, 0.15) is 44.5 Å². The molecule has 16 nitrogen and oxygen atoms in total. The molecular weight excluding hydrogens is 592 g/mol. The number of hydrogen-bond acceptors (Lipinski definition) is 16. The minimum atomic E-state index is -1.83. The number of benzene rings is 1. The fourth-order valence-electron chi connectivity index (χ4n) is 4.60. The molecule has 244 valence electrons. The fourth-order valence-corrected chi connectivity index (χ4v) is 4.60. The molecule has 0 amide bonds. The van der Waals surface area contributed by atoms with E-state index in [2.05, 4.69) is 0 Å². The van der Waals surface area contributed by atoms with E-state index in [1.165, 1.54) is 19.2 Å². The highest BCUT2D eigenvalue weighted by molar-refractivity contribution is 5.89. The lowest BCUT2D eigenvalue weighted by Gasteiger charge is -2.46. The molecule has 44 heavy (non-hydrogen) atoms. The van der Waals surface area contributed by atoms with Gasteiger partial charge in [-0.05, 0) is 24.3 Å². The van der Waals surface area contributed by atoms with E-state index in [1.54, 1.807) is 12.1 Å². The van der Waals surface area contributed by atoms with E-state index >= 15 is 0 Å². The summed E-state index contributed by atoms with van der Waals surface area (Å²) in [7, 11) is 1.47. The molecule has 2 aliphatic rings. The Labute approximate surface area is 252 Å². The molecule has 0 unspecified atom stereocenters. The molecule has 2 N–H and O–H groups in total. The maximum atomic E-state index is 12.6. The number of ether oxygens (including phenoxy) is 9. The van der Waals surface area contributed by atoms with Gasteiger partial charge in [-0.15, -0.1) is 0 Å². The van der Waals surface area contributed by atoms with Crippen LogP contribution in [0, 0.1) is 0 Å². The summed E-state index contributed by atoms with van der Waals surface area (Å²) in [5.41, 5.74) is 0.202. The summed E-state index contributed by atoms with van der Waals surface area (Å²) in [5.74, 6) is -3.34. The SMILES string of the molecule is COc1ccc(C(=O)OC[C@H]2O[C@@H](O[C@H]3[C@H](OC(C)=O)[C@@H](OC(C)=O)[C@H](O)O[C@@H]3COC(C)=O)[C@H](OC(C)=O)C[C@H]2O)cc1. The molecule has 2 saturated heterocycles. The Morgan fingerprint density at radius 3 is 1.91 bits per heavy atom. The molecule has 0 saturated carbocycles. The van der Waals surface area contributed by atoms with Crippen molar-refractivity contribution in [2.24, 2.45) is 0 Å². The third kappa shape index (κ3) is 9.59. The van der Waals surface area contributed by atoms with Gasteiger partial charge in [0.25, 0.3) is 0 Å². The molecule has 0 radical (unpaired) electrons. The summed E-state index contributed by atoms with van der Waals surface area (Å²) in [4.78, 5) is 59.9. The number of methoxy groups -OCH3 is 1. The van der Waals surface area contributed by atoms with E-state index in [0.717, 1.165) is 27.7 Å². The number of aliphatic hydroxyl groups is 2. The van der Waals surface area contributed by atoms with Gasteiger partial charge in [-0.3, -0.25) is 19.2 Å². The number of hydrogen-bond donors (Lipinski definition) is 2. The van der Waals surface area contributed by atoms with Crippen molar-refractivity contribution in [3.8, 4) is 5.75 Å². The van der Waals surface area contributed by atoms with E-state index in [1.807, 2.05) is 0 Å². The lowest BCUT2D eigenvalue weighted by atomic mass is 9.97. The molecule has 2 heterocycles. The molecule has 3 rings (SSSR count). The van der Waals surface area contributed by atoms with Gasteiger partial charge in [0, 0.05) is 34.1 Å². The van der Waals surface area contributed by atoms with E-state index in [0.29, 0.717) is 5.75 Å². The quantitative estimate of drug-likeness (QED) is 0.240. The predicted molar refractivity (Wildman–Crippen MR) is 142 cm³/mol. The van der Waals surface area contributed by atoms with Gasteiger partial charge < -0.3 is 52.8 Å². The summed E-state index contributed by atoms with van der Waals surface area (Å²) >= 11 is 0. The summed E-state index contributed by atoms with van der Waals surface area (Å²) in [6.07, 6.45) is -13.2. The Morgan fingerprint density at radius 2 is 1.34 bits per heavy atom. The van der Waals surface area contributed by atoms with E-state index in [-0.39, 0.29) is 12.0 Å². The van der Waals surface area contributed by atoms with Crippen molar-refractivity contribution in [2.45, 2.75) is 89.4 Å². The predicted octanol–water partition coefficient (Wildman–Crippen LogP) is -0.211. The first-order valence-electron chi connectivity index (χ1n) is 13.6. The second-order valence-electron chi connectivity index (χ2n) is 9.94. The zero-order valence-corrected chi connectivity index (χ0v) is 24.7. The molecule has 2 fully saturated rings. The van der Waals surface area contributed by atoms with Crippen LogP contribution in [0.4, 0.5) is 0 Å². The van der Waals surface area contributed by atoms with Gasteiger partial charge in [-0.1, -0.05) is 0 Å². The smallest absolute Gasteiger partial charge is 0.338 e. The first kappa shape index (κ1) is 34.7. The van der Waals surface area contributed by atoms with Gasteiger partial charge in [0.1, 0.15) is 37.3 Å². The Hall–Kier alpha value is -3.83. The highest BCUT2D eigenvalue weighted by atomic mass is 16.7. The maximum Gasteiger partial charge on any atom is 0.338 e. The van der Waals surface area contributed by atoms with Crippen molar-refractivity contribution in [2.75, 3.05) is 20.3 Å². The summed E-state index contributed by atoms with van der Waals surface area (Å²) in [5, 5.41) is 21.3. The van der Waals surface area contributed by atoms with Crippen molar-refractivity contribution in [3.05, 3.63) is 29.8 Å². The van der Waals surface area contributed by atoms with Crippen LogP contribution < -0.4 is 4.74 Å². The molecule has 1 aromatic carbocycles. The minimum Gasteiger partial charge on any atom is -0.497 e. The molecule has 0 spiro atoms. The Morgan fingerprint density at radius 1 is 0.750 bits per heavy atom. The van der Waals surface area contributed by atoms with Crippen LogP contribution in [0.25, 0.3) is 0 Å². The number of esters is 5. The Balaban J connectivity index is 1.87. The van der Waals surface area contributed by atoms with Crippen molar-refractivity contribution in [3.63, 3.8) is 0 Å². The maximum absolute atomic E-state index is 12.6. The third-order valence-electron chi connectivity index (χ3n) is 6.49. The van der Waals surface area contributed by atoms with Crippen LogP contribution in [-0.4, -0.2) is 116 Å². The molecule has 1 aromatic rings. The summed E-state index contributed by atoms with van der Waals surface area (Å²) < 4.78 is 48.8. The normalized spacial score (nSPS) is 29.9. The van der Waals surface area contributed by atoms with Gasteiger partial charge in [0.15, 0.2) is 30.9 Å². The lowest BCUT2D eigenvalue weighted by Crippen LogP contribution is -2.64. The Bertz CT molecular complexity index is 1170. The fraction of sp³-hybridized carbons (Fsp3) is 0.607. The minimum absolute atomic E-state index is 0.202. The second-order valence-corrected chi connectivity index (χ2v) is 9.94. The number of rotatable bonds is 11.